The van der Waals surface area contributed by atoms with Crippen molar-refractivity contribution in [2.45, 2.75) is 25.3 Å². The van der Waals surface area contributed by atoms with Crippen molar-refractivity contribution in [1.29, 1.82) is 0 Å². The first-order chi connectivity index (χ1) is 10.1. The van der Waals surface area contributed by atoms with Crippen molar-refractivity contribution in [2.24, 2.45) is 11.7 Å². The molecule has 2 fully saturated rings. The summed E-state index contributed by atoms with van der Waals surface area (Å²) in [6.07, 6.45) is 4.37. The first kappa shape index (κ1) is 16.0. The van der Waals surface area contributed by atoms with E-state index >= 15 is 0 Å². The predicted molar refractivity (Wildman–Crippen MR) is 81.5 cm³/mol. The van der Waals surface area contributed by atoms with E-state index < -0.39 is 0 Å². The van der Waals surface area contributed by atoms with E-state index in [0.29, 0.717) is 26.2 Å². The van der Waals surface area contributed by atoms with Crippen molar-refractivity contribution in [3.63, 3.8) is 0 Å². The van der Waals surface area contributed by atoms with Gasteiger partial charge in [-0.25, -0.2) is 0 Å². The lowest BCUT2D eigenvalue weighted by molar-refractivity contribution is -0.137. The highest BCUT2D eigenvalue weighted by atomic mass is 16.2. The molecule has 1 saturated carbocycles. The summed E-state index contributed by atoms with van der Waals surface area (Å²) in [5.74, 6) is 0.373. The third kappa shape index (κ3) is 4.54. The van der Waals surface area contributed by atoms with Crippen LogP contribution in [0.25, 0.3) is 0 Å². The van der Waals surface area contributed by atoms with Crippen molar-refractivity contribution in [3.8, 4) is 0 Å². The molecule has 0 bridgehead atoms. The molecule has 1 saturated heterocycles. The number of carbonyl (C=O) groups is 2. The summed E-state index contributed by atoms with van der Waals surface area (Å²) in [6, 6.07) is 0.189. The number of amides is 2. The van der Waals surface area contributed by atoms with Gasteiger partial charge in [0.1, 0.15) is 0 Å². The summed E-state index contributed by atoms with van der Waals surface area (Å²) in [6.45, 7) is 7.39. The van der Waals surface area contributed by atoms with Crippen LogP contribution in [0.1, 0.15) is 19.3 Å². The highest BCUT2D eigenvalue weighted by Gasteiger charge is 2.32. The molecule has 2 rings (SSSR count). The maximum atomic E-state index is 12.4. The zero-order valence-corrected chi connectivity index (χ0v) is 12.6. The molecule has 21 heavy (non-hydrogen) atoms. The number of hydrogen-bond donors (Lipinski definition) is 2. The van der Waals surface area contributed by atoms with Crippen LogP contribution in [0.4, 0.5) is 0 Å². The Morgan fingerprint density at radius 2 is 1.95 bits per heavy atom. The Bertz CT molecular complexity index is 391. The zero-order chi connectivity index (χ0) is 15.2. The molecule has 0 aromatic heterocycles. The van der Waals surface area contributed by atoms with E-state index in [0.717, 1.165) is 32.4 Å². The van der Waals surface area contributed by atoms with Crippen LogP contribution in [0.5, 0.6) is 0 Å². The molecule has 2 aliphatic rings. The number of carbonyl (C=O) groups excluding carboxylic acids is 2. The van der Waals surface area contributed by atoms with E-state index in [1.807, 2.05) is 4.90 Å². The molecular formula is C15H26N4O2. The summed E-state index contributed by atoms with van der Waals surface area (Å²) in [7, 11) is 0. The summed E-state index contributed by atoms with van der Waals surface area (Å²) in [5, 5.41) is 2.77. The van der Waals surface area contributed by atoms with Gasteiger partial charge >= 0.3 is 0 Å². The van der Waals surface area contributed by atoms with Crippen molar-refractivity contribution in [2.75, 3.05) is 39.3 Å². The van der Waals surface area contributed by atoms with Crippen LogP contribution < -0.4 is 11.1 Å². The van der Waals surface area contributed by atoms with Crippen molar-refractivity contribution in [1.82, 2.24) is 15.1 Å². The number of nitrogens with one attached hydrogen (secondary N) is 1. The van der Waals surface area contributed by atoms with Gasteiger partial charge in [0.05, 0.1) is 6.54 Å². The minimum absolute atomic E-state index is 0.0106. The second kappa shape index (κ2) is 7.56. The molecule has 6 nitrogen and oxygen atoms in total. The number of rotatable bonds is 5. The van der Waals surface area contributed by atoms with Crippen LogP contribution >= 0.6 is 0 Å². The first-order valence-electron chi connectivity index (χ1n) is 7.74. The highest BCUT2D eigenvalue weighted by molar-refractivity contribution is 5.80. The normalized spacial score (nSPS) is 26.6. The zero-order valence-electron chi connectivity index (χ0n) is 12.6. The fraction of sp³-hybridized carbons (Fsp3) is 0.733. The summed E-state index contributed by atoms with van der Waals surface area (Å²) in [4.78, 5) is 28.0. The maximum absolute atomic E-state index is 12.4. The van der Waals surface area contributed by atoms with Gasteiger partial charge in [-0.15, -0.1) is 6.58 Å². The molecule has 0 aromatic carbocycles. The Labute approximate surface area is 126 Å². The van der Waals surface area contributed by atoms with E-state index in [4.69, 9.17) is 5.73 Å². The van der Waals surface area contributed by atoms with Crippen LogP contribution in [-0.2, 0) is 9.59 Å². The lowest BCUT2D eigenvalue weighted by Gasteiger charge is -2.35. The standard InChI is InChI=1S/C15H26N4O2/c1-2-5-17-14(20)11-18-6-8-19(9-7-18)15(21)12-3-4-13(16)10-12/h2,12-13H,1,3-11,16H2,(H,17,20). The fourth-order valence-corrected chi connectivity index (χ4v) is 3.07. The molecule has 1 heterocycles. The maximum Gasteiger partial charge on any atom is 0.234 e. The molecule has 3 N–H and O–H groups in total. The van der Waals surface area contributed by atoms with Crippen LogP contribution in [0.3, 0.4) is 0 Å². The summed E-state index contributed by atoms with van der Waals surface area (Å²) in [5.41, 5.74) is 5.88. The largest absolute Gasteiger partial charge is 0.352 e. The van der Waals surface area contributed by atoms with E-state index in [2.05, 4.69) is 16.8 Å². The third-order valence-electron chi connectivity index (χ3n) is 4.32. The van der Waals surface area contributed by atoms with E-state index in [1.165, 1.54) is 0 Å². The van der Waals surface area contributed by atoms with Gasteiger partial charge < -0.3 is 16.0 Å². The van der Waals surface area contributed by atoms with Crippen LogP contribution in [0.2, 0.25) is 0 Å². The number of hydrogen-bond acceptors (Lipinski definition) is 4. The molecule has 2 atom stereocenters. The van der Waals surface area contributed by atoms with Crippen molar-refractivity contribution >= 4 is 11.8 Å². The lowest BCUT2D eigenvalue weighted by atomic mass is 10.1. The Balaban J connectivity index is 1.71. The molecule has 2 amide bonds. The van der Waals surface area contributed by atoms with E-state index in [1.54, 1.807) is 6.08 Å². The molecule has 1 aliphatic carbocycles. The van der Waals surface area contributed by atoms with Crippen LogP contribution in [0, 0.1) is 5.92 Å². The lowest BCUT2D eigenvalue weighted by Crippen LogP contribution is -2.52. The number of piperazine rings is 1. The minimum atomic E-state index is 0.0106. The summed E-state index contributed by atoms with van der Waals surface area (Å²) >= 11 is 0. The molecule has 118 valence electrons. The fourth-order valence-electron chi connectivity index (χ4n) is 3.07. The summed E-state index contributed by atoms with van der Waals surface area (Å²) < 4.78 is 0. The predicted octanol–water partition coefficient (Wildman–Crippen LogP) is -0.440. The van der Waals surface area contributed by atoms with Gasteiger partial charge in [0.25, 0.3) is 0 Å². The molecule has 6 heteroatoms. The Morgan fingerprint density at radius 1 is 1.24 bits per heavy atom. The molecule has 0 aromatic rings. The Morgan fingerprint density at radius 3 is 2.52 bits per heavy atom. The SMILES string of the molecule is C=CCNC(=O)CN1CCN(C(=O)C2CCC(N)C2)CC1. The highest BCUT2D eigenvalue weighted by Crippen LogP contribution is 2.26. The second-order valence-corrected chi connectivity index (χ2v) is 5.96. The average molecular weight is 294 g/mol. The van der Waals surface area contributed by atoms with Gasteiger partial charge in [-0.1, -0.05) is 6.08 Å². The average Bonchev–Trinajstić information content (AvgIpc) is 2.92. The van der Waals surface area contributed by atoms with Gasteiger partial charge in [0.2, 0.25) is 11.8 Å². The smallest absolute Gasteiger partial charge is 0.234 e. The number of nitrogens with zero attached hydrogens (tertiary/aromatic N) is 2. The van der Waals surface area contributed by atoms with Gasteiger partial charge in [-0.2, -0.15) is 0 Å². The Hall–Kier alpha value is -1.40. The van der Waals surface area contributed by atoms with Crippen molar-refractivity contribution in [3.05, 3.63) is 12.7 Å². The van der Waals surface area contributed by atoms with E-state index in [9.17, 15) is 9.59 Å². The van der Waals surface area contributed by atoms with Gasteiger partial charge in [0.15, 0.2) is 0 Å². The van der Waals surface area contributed by atoms with Crippen molar-refractivity contribution < 1.29 is 9.59 Å². The first-order valence-corrected chi connectivity index (χ1v) is 7.74. The third-order valence-corrected chi connectivity index (χ3v) is 4.32. The van der Waals surface area contributed by atoms with Gasteiger partial charge in [-0.3, -0.25) is 14.5 Å². The van der Waals surface area contributed by atoms with Gasteiger partial charge in [0, 0.05) is 44.7 Å². The van der Waals surface area contributed by atoms with Crippen LogP contribution in [0.15, 0.2) is 12.7 Å². The van der Waals surface area contributed by atoms with Gasteiger partial charge in [-0.05, 0) is 19.3 Å². The van der Waals surface area contributed by atoms with Crippen LogP contribution in [-0.4, -0.2) is 66.9 Å². The van der Waals surface area contributed by atoms with E-state index in [-0.39, 0.29) is 23.8 Å². The molecule has 0 spiro atoms. The second-order valence-electron chi connectivity index (χ2n) is 5.96. The molecule has 1 aliphatic heterocycles. The molecule has 2 unspecified atom stereocenters. The number of nitrogens with two attached hydrogens (primary N) is 1. The molecule has 0 radical (unpaired) electrons. The monoisotopic (exact) mass is 294 g/mol. The molecular weight excluding hydrogens is 268 g/mol. The quantitative estimate of drug-likeness (QED) is 0.674. The minimum Gasteiger partial charge on any atom is -0.352 e. The topological polar surface area (TPSA) is 78.7 Å². The Kier molecular flexibility index (Phi) is 5.76.